The second-order valence-electron chi connectivity index (χ2n) is 8.56. The predicted molar refractivity (Wildman–Crippen MR) is 120 cm³/mol. The van der Waals surface area contributed by atoms with Gasteiger partial charge in [0.2, 0.25) is 0 Å². The third-order valence-corrected chi connectivity index (χ3v) is 5.51. The highest BCUT2D eigenvalue weighted by atomic mass is 16.5. The maximum atomic E-state index is 12.7. The van der Waals surface area contributed by atoms with Gasteiger partial charge >= 0.3 is 0 Å². The zero-order valence-corrected chi connectivity index (χ0v) is 18.5. The standard InChI is InChI=1S/C25H34O6/c1-16(2)4-7-18(19-8-11-23(29)25(14-19)31-3)13-21(27)15-20(26)9-5-17-6-10-22(28)24(30)12-17/h6,8,10-12,14,16,18,20,26,28-30H,4-5,7,9,13,15H2,1-3H3. The summed E-state index contributed by atoms with van der Waals surface area (Å²) in [4.78, 5) is 12.7. The van der Waals surface area contributed by atoms with Gasteiger partial charge in [-0.2, -0.15) is 0 Å². The lowest BCUT2D eigenvalue weighted by atomic mass is 9.86. The minimum atomic E-state index is -0.774. The number of Topliss-reactive ketones (excluding diaryl/α,β-unsaturated/α-hetero) is 1. The molecule has 0 aliphatic carbocycles. The van der Waals surface area contributed by atoms with Crippen LogP contribution in [-0.2, 0) is 11.2 Å². The Bertz CT molecular complexity index is 861. The Morgan fingerprint density at radius 3 is 2.26 bits per heavy atom. The molecule has 2 unspecified atom stereocenters. The first kappa shape index (κ1) is 24.5. The number of hydrogen-bond donors (Lipinski definition) is 4. The lowest BCUT2D eigenvalue weighted by Gasteiger charge is -2.20. The number of ether oxygens (including phenoxy) is 1. The molecule has 0 radical (unpaired) electrons. The molecule has 0 aliphatic rings. The predicted octanol–water partition coefficient (Wildman–Crippen LogP) is 4.67. The Morgan fingerprint density at radius 1 is 0.903 bits per heavy atom. The van der Waals surface area contributed by atoms with Crippen molar-refractivity contribution in [3.8, 4) is 23.0 Å². The van der Waals surface area contributed by atoms with Crippen molar-refractivity contribution in [2.75, 3.05) is 7.11 Å². The number of aliphatic hydroxyl groups is 1. The zero-order chi connectivity index (χ0) is 23.0. The van der Waals surface area contributed by atoms with Crippen LogP contribution in [-0.4, -0.2) is 39.4 Å². The first-order valence-electron chi connectivity index (χ1n) is 10.8. The van der Waals surface area contributed by atoms with Gasteiger partial charge in [0.15, 0.2) is 23.0 Å². The SMILES string of the molecule is COc1cc(C(CCC(C)C)CC(=O)CC(O)CCc2ccc(O)c(O)c2)ccc1O. The highest BCUT2D eigenvalue weighted by Gasteiger charge is 2.20. The normalized spacial score (nSPS) is 13.2. The maximum Gasteiger partial charge on any atom is 0.160 e. The number of ketones is 1. The fourth-order valence-electron chi connectivity index (χ4n) is 3.65. The van der Waals surface area contributed by atoms with Crippen LogP contribution in [0.1, 0.15) is 63.0 Å². The van der Waals surface area contributed by atoms with Crippen LogP contribution in [0.3, 0.4) is 0 Å². The topological polar surface area (TPSA) is 107 Å². The van der Waals surface area contributed by atoms with Gasteiger partial charge in [0.1, 0.15) is 5.78 Å². The molecule has 31 heavy (non-hydrogen) atoms. The molecule has 6 heteroatoms. The van der Waals surface area contributed by atoms with Crippen molar-refractivity contribution in [1.82, 2.24) is 0 Å². The van der Waals surface area contributed by atoms with Crippen molar-refractivity contribution in [2.45, 2.75) is 64.4 Å². The minimum Gasteiger partial charge on any atom is -0.504 e. The second kappa shape index (κ2) is 11.6. The molecule has 0 saturated heterocycles. The number of aryl methyl sites for hydroxylation is 1. The zero-order valence-electron chi connectivity index (χ0n) is 18.5. The number of aromatic hydroxyl groups is 3. The summed E-state index contributed by atoms with van der Waals surface area (Å²) >= 11 is 0. The summed E-state index contributed by atoms with van der Waals surface area (Å²) < 4.78 is 5.21. The van der Waals surface area contributed by atoms with Crippen LogP contribution in [0.2, 0.25) is 0 Å². The van der Waals surface area contributed by atoms with E-state index in [1.165, 1.54) is 19.2 Å². The third-order valence-electron chi connectivity index (χ3n) is 5.51. The molecule has 0 spiro atoms. The smallest absolute Gasteiger partial charge is 0.160 e. The van der Waals surface area contributed by atoms with Gasteiger partial charge in [-0.25, -0.2) is 0 Å². The van der Waals surface area contributed by atoms with E-state index in [1.807, 2.05) is 6.07 Å². The Morgan fingerprint density at radius 2 is 1.61 bits per heavy atom. The van der Waals surface area contributed by atoms with E-state index in [1.54, 1.807) is 18.2 Å². The van der Waals surface area contributed by atoms with E-state index >= 15 is 0 Å². The van der Waals surface area contributed by atoms with E-state index in [0.29, 0.717) is 30.9 Å². The number of carbonyl (C=O) groups is 1. The van der Waals surface area contributed by atoms with Crippen molar-refractivity contribution in [1.29, 1.82) is 0 Å². The largest absolute Gasteiger partial charge is 0.504 e. The molecule has 2 atom stereocenters. The molecule has 170 valence electrons. The summed E-state index contributed by atoms with van der Waals surface area (Å²) in [5.41, 5.74) is 1.73. The Labute approximate surface area is 184 Å². The first-order valence-corrected chi connectivity index (χ1v) is 10.8. The van der Waals surface area contributed by atoms with E-state index in [9.17, 15) is 25.2 Å². The summed E-state index contributed by atoms with van der Waals surface area (Å²) in [6.07, 6.45) is 2.29. The summed E-state index contributed by atoms with van der Waals surface area (Å²) in [6.45, 7) is 4.28. The lowest BCUT2D eigenvalue weighted by Crippen LogP contribution is -2.17. The molecule has 0 aromatic heterocycles. The van der Waals surface area contributed by atoms with Crippen LogP contribution in [0.15, 0.2) is 36.4 Å². The van der Waals surface area contributed by atoms with Crippen LogP contribution in [0.25, 0.3) is 0 Å². The number of carbonyl (C=O) groups excluding carboxylic acids is 1. The summed E-state index contributed by atoms with van der Waals surface area (Å²) in [5, 5.41) is 39.2. The van der Waals surface area contributed by atoms with Gasteiger partial charge in [-0.05, 0) is 66.5 Å². The highest BCUT2D eigenvalue weighted by Crippen LogP contribution is 2.34. The fourth-order valence-corrected chi connectivity index (χ4v) is 3.65. The average Bonchev–Trinajstić information content (AvgIpc) is 2.72. The molecule has 0 bridgehead atoms. The van der Waals surface area contributed by atoms with E-state index in [4.69, 9.17) is 4.74 Å². The van der Waals surface area contributed by atoms with Gasteiger partial charge in [-0.15, -0.1) is 0 Å². The number of phenols is 3. The molecule has 4 N–H and O–H groups in total. The van der Waals surface area contributed by atoms with Crippen LogP contribution in [0.4, 0.5) is 0 Å². The van der Waals surface area contributed by atoms with Gasteiger partial charge in [0.05, 0.1) is 13.2 Å². The molecule has 2 aromatic carbocycles. The number of rotatable bonds is 12. The van der Waals surface area contributed by atoms with Gasteiger partial charge < -0.3 is 25.2 Å². The maximum absolute atomic E-state index is 12.7. The molecule has 0 amide bonds. The number of benzene rings is 2. The Kier molecular flexibility index (Phi) is 9.19. The molecule has 0 fully saturated rings. The van der Waals surface area contributed by atoms with Gasteiger partial charge in [-0.3, -0.25) is 4.79 Å². The van der Waals surface area contributed by atoms with Gasteiger partial charge in [0.25, 0.3) is 0 Å². The van der Waals surface area contributed by atoms with Crippen LogP contribution >= 0.6 is 0 Å². The fraction of sp³-hybridized carbons (Fsp3) is 0.480. The molecule has 6 nitrogen and oxygen atoms in total. The van der Waals surface area contributed by atoms with E-state index < -0.39 is 6.10 Å². The van der Waals surface area contributed by atoms with Crippen LogP contribution < -0.4 is 4.74 Å². The second-order valence-corrected chi connectivity index (χ2v) is 8.56. The number of hydrogen-bond acceptors (Lipinski definition) is 6. The molecule has 0 heterocycles. The minimum absolute atomic E-state index is 0.00866. The van der Waals surface area contributed by atoms with Crippen LogP contribution in [0.5, 0.6) is 23.0 Å². The highest BCUT2D eigenvalue weighted by molar-refractivity contribution is 5.79. The molecule has 2 rings (SSSR count). The Balaban J connectivity index is 1.97. The van der Waals surface area contributed by atoms with Crippen molar-refractivity contribution in [3.05, 3.63) is 47.5 Å². The number of methoxy groups -OCH3 is 1. The van der Waals surface area contributed by atoms with E-state index in [2.05, 4.69) is 13.8 Å². The number of phenolic OH excluding ortho intramolecular Hbond substituents is 3. The lowest BCUT2D eigenvalue weighted by molar-refractivity contribution is -0.121. The molecule has 0 aliphatic heterocycles. The summed E-state index contributed by atoms with van der Waals surface area (Å²) in [5.74, 6) is 0.558. The summed E-state index contributed by atoms with van der Waals surface area (Å²) in [7, 11) is 1.50. The molecule has 2 aromatic rings. The molecule has 0 saturated carbocycles. The Hall–Kier alpha value is -2.73. The average molecular weight is 431 g/mol. The van der Waals surface area contributed by atoms with E-state index in [0.717, 1.165) is 24.0 Å². The summed E-state index contributed by atoms with van der Waals surface area (Å²) in [6, 6.07) is 9.75. The monoisotopic (exact) mass is 430 g/mol. The first-order chi connectivity index (χ1) is 14.7. The van der Waals surface area contributed by atoms with Crippen molar-refractivity contribution in [3.63, 3.8) is 0 Å². The van der Waals surface area contributed by atoms with Gasteiger partial charge in [0, 0.05) is 12.8 Å². The van der Waals surface area contributed by atoms with Crippen molar-refractivity contribution in [2.24, 2.45) is 5.92 Å². The van der Waals surface area contributed by atoms with Crippen LogP contribution in [0, 0.1) is 5.92 Å². The molecular formula is C25H34O6. The van der Waals surface area contributed by atoms with Crippen molar-refractivity contribution >= 4 is 5.78 Å². The van der Waals surface area contributed by atoms with E-state index in [-0.39, 0.29) is 35.4 Å². The molecular weight excluding hydrogens is 396 g/mol. The number of aliphatic hydroxyl groups excluding tert-OH is 1. The van der Waals surface area contributed by atoms with Gasteiger partial charge in [-0.1, -0.05) is 32.4 Å². The van der Waals surface area contributed by atoms with Crippen molar-refractivity contribution < 1.29 is 30.0 Å². The third kappa shape index (κ3) is 7.79. The quantitative estimate of drug-likeness (QED) is 0.364.